The van der Waals surface area contributed by atoms with Gasteiger partial charge < -0.3 is 20.3 Å². The molecule has 0 spiro atoms. The van der Waals surface area contributed by atoms with Crippen LogP contribution < -0.4 is 20.3 Å². The number of hydrogen-bond donors (Lipinski definition) is 2. The predicted molar refractivity (Wildman–Crippen MR) is 136 cm³/mol. The smallest absolute Gasteiger partial charge is 0.405 e. The third kappa shape index (κ3) is 6.98. The molecular formula is C25H29BrF3N5O. The number of para-hydroxylation sites is 1. The number of rotatable bonds is 8. The summed E-state index contributed by atoms with van der Waals surface area (Å²) in [5, 5.41) is 7.83. The topological polar surface area (TPSA) is 62.3 Å². The number of ether oxygens (including phenoxy) is 1. The van der Waals surface area contributed by atoms with E-state index in [1.165, 1.54) is 6.07 Å². The zero-order valence-corrected chi connectivity index (χ0v) is 21.3. The van der Waals surface area contributed by atoms with Gasteiger partial charge >= 0.3 is 6.36 Å². The lowest BCUT2D eigenvalue weighted by molar-refractivity contribution is -0.274. The van der Waals surface area contributed by atoms with Gasteiger partial charge in [0.15, 0.2) is 0 Å². The molecule has 188 valence electrons. The van der Waals surface area contributed by atoms with Crippen molar-refractivity contribution >= 4 is 38.6 Å². The average Bonchev–Trinajstić information content (AvgIpc) is 2.81. The highest BCUT2D eigenvalue weighted by Gasteiger charge is 2.32. The molecule has 0 saturated heterocycles. The summed E-state index contributed by atoms with van der Waals surface area (Å²) in [6, 6.07) is 12.9. The molecule has 0 unspecified atom stereocenters. The maximum Gasteiger partial charge on any atom is 0.573 e. The lowest BCUT2D eigenvalue weighted by Gasteiger charge is -2.29. The van der Waals surface area contributed by atoms with Crippen molar-refractivity contribution in [2.75, 3.05) is 30.9 Å². The van der Waals surface area contributed by atoms with E-state index in [4.69, 9.17) is 4.98 Å². The van der Waals surface area contributed by atoms with Crippen molar-refractivity contribution in [1.29, 1.82) is 0 Å². The molecule has 1 aliphatic rings. The molecule has 1 aromatic heterocycles. The number of benzene rings is 2. The van der Waals surface area contributed by atoms with Crippen LogP contribution in [0.15, 0.2) is 46.9 Å². The fraction of sp³-hybridized carbons (Fsp3) is 0.440. The fourth-order valence-electron chi connectivity index (χ4n) is 4.43. The number of nitrogens with one attached hydrogen (secondary N) is 2. The molecule has 35 heavy (non-hydrogen) atoms. The summed E-state index contributed by atoms with van der Waals surface area (Å²) in [5.41, 5.74) is 1.39. The molecule has 1 fully saturated rings. The third-order valence-electron chi connectivity index (χ3n) is 6.24. The minimum Gasteiger partial charge on any atom is -0.405 e. The van der Waals surface area contributed by atoms with Crippen LogP contribution in [0.25, 0.3) is 10.9 Å². The maximum absolute atomic E-state index is 12.7. The van der Waals surface area contributed by atoms with Gasteiger partial charge in [-0.25, -0.2) is 4.98 Å². The third-order valence-corrected chi connectivity index (χ3v) is 6.73. The molecule has 10 heteroatoms. The van der Waals surface area contributed by atoms with E-state index < -0.39 is 6.36 Å². The second kappa shape index (κ2) is 11.0. The van der Waals surface area contributed by atoms with Crippen LogP contribution in [-0.4, -0.2) is 43.0 Å². The molecule has 2 aromatic carbocycles. The highest BCUT2D eigenvalue weighted by atomic mass is 79.9. The molecule has 0 radical (unpaired) electrons. The van der Waals surface area contributed by atoms with Crippen LogP contribution >= 0.6 is 15.9 Å². The largest absolute Gasteiger partial charge is 0.573 e. The predicted octanol–water partition coefficient (Wildman–Crippen LogP) is 6.12. The summed E-state index contributed by atoms with van der Waals surface area (Å²) < 4.78 is 43.0. The standard InChI is InChI=1S/C25H29BrF3N5O/c1-34(2)23-20-5-3-4-6-21(20)32-24(33-23)31-14-16-7-11-19(12-8-16)30-15-17-9-10-18(26)13-22(17)35-25(27,28)29/h3-6,9-10,13,16,19,30H,7-8,11-12,14-15H2,1-2H3,(H,31,32,33). The van der Waals surface area contributed by atoms with Gasteiger partial charge in [-0.05, 0) is 55.9 Å². The van der Waals surface area contributed by atoms with E-state index in [1.807, 2.05) is 43.3 Å². The Labute approximate surface area is 211 Å². The van der Waals surface area contributed by atoms with Gasteiger partial charge in [-0.2, -0.15) is 4.98 Å². The van der Waals surface area contributed by atoms with Gasteiger partial charge in [-0.3, -0.25) is 0 Å². The first kappa shape index (κ1) is 25.5. The molecule has 3 aromatic rings. The number of fused-ring (bicyclic) bond motifs is 1. The van der Waals surface area contributed by atoms with Crippen molar-refractivity contribution in [2.45, 2.75) is 44.6 Å². The summed E-state index contributed by atoms with van der Waals surface area (Å²) in [6.45, 7) is 1.11. The van der Waals surface area contributed by atoms with Crippen molar-refractivity contribution in [3.05, 3.63) is 52.5 Å². The maximum atomic E-state index is 12.7. The molecule has 0 amide bonds. The molecule has 6 nitrogen and oxygen atoms in total. The number of alkyl halides is 3. The first-order chi connectivity index (χ1) is 16.7. The summed E-state index contributed by atoms with van der Waals surface area (Å²) in [5.74, 6) is 1.82. The van der Waals surface area contributed by atoms with Gasteiger partial charge in [0.1, 0.15) is 11.6 Å². The normalized spacial score (nSPS) is 18.5. The van der Waals surface area contributed by atoms with Gasteiger partial charge in [-0.1, -0.05) is 34.1 Å². The Bertz CT molecular complexity index is 1150. The van der Waals surface area contributed by atoms with Crippen molar-refractivity contribution in [3.63, 3.8) is 0 Å². The van der Waals surface area contributed by atoms with Gasteiger partial charge in [0.25, 0.3) is 0 Å². The number of anilines is 2. The van der Waals surface area contributed by atoms with E-state index >= 15 is 0 Å². The van der Waals surface area contributed by atoms with Crippen LogP contribution in [-0.2, 0) is 6.54 Å². The van der Waals surface area contributed by atoms with Crippen LogP contribution in [0.2, 0.25) is 0 Å². The monoisotopic (exact) mass is 551 g/mol. The van der Waals surface area contributed by atoms with Crippen molar-refractivity contribution in [2.24, 2.45) is 5.92 Å². The summed E-state index contributed by atoms with van der Waals surface area (Å²) in [6.07, 6.45) is -0.765. The van der Waals surface area contributed by atoms with E-state index in [0.717, 1.165) is 48.9 Å². The second-order valence-electron chi connectivity index (χ2n) is 9.06. The molecule has 1 aliphatic carbocycles. The van der Waals surface area contributed by atoms with Crippen LogP contribution in [0.1, 0.15) is 31.2 Å². The lowest BCUT2D eigenvalue weighted by atomic mass is 9.86. The Hall–Kier alpha value is -2.59. The quantitative estimate of drug-likeness (QED) is 0.351. The Morgan fingerprint density at radius 3 is 2.51 bits per heavy atom. The average molecular weight is 552 g/mol. The van der Waals surface area contributed by atoms with E-state index in [1.54, 1.807) is 12.1 Å². The fourth-order valence-corrected chi connectivity index (χ4v) is 4.77. The molecule has 1 heterocycles. The van der Waals surface area contributed by atoms with E-state index in [2.05, 4.69) is 36.3 Å². The molecule has 0 bridgehead atoms. The Balaban J connectivity index is 1.29. The Morgan fingerprint density at radius 2 is 1.80 bits per heavy atom. The van der Waals surface area contributed by atoms with Crippen LogP contribution in [0.4, 0.5) is 24.9 Å². The van der Waals surface area contributed by atoms with Crippen LogP contribution in [0, 0.1) is 5.92 Å². The zero-order chi connectivity index (χ0) is 25.0. The minimum atomic E-state index is -4.72. The first-order valence-corrected chi connectivity index (χ1v) is 12.4. The summed E-state index contributed by atoms with van der Waals surface area (Å²) >= 11 is 3.21. The number of nitrogens with zero attached hydrogens (tertiary/aromatic N) is 3. The van der Waals surface area contributed by atoms with E-state index in [9.17, 15) is 13.2 Å². The van der Waals surface area contributed by atoms with Crippen molar-refractivity contribution in [1.82, 2.24) is 15.3 Å². The zero-order valence-electron chi connectivity index (χ0n) is 19.7. The van der Waals surface area contributed by atoms with Gasteiger partial charge in [0.05, 0.1) is 5.52 Å². The second-order valence-corrected chi connectivity index (χ2v) is 9.98. The van der Waals surface area contributed by atoms with Crippen molar-refractivity contribution < 1.29 is 17.9 Å². The number of hydrogen-bond acceptors (Lipinski definition) is 6. The number of aromatic nitrogens is 2. The molecule has 0 atom stereocenters. The minimum absolute atomic E-state index is 0.176. The van der Waals surface area contributed by atoms with E-state index in [-0.39, 0.29) is 11.8 Å². The van der Waals surface area contributed by atoms with Crippen LogP contribution in [0.3, 0.4) is 0 Å². The van der Waals surface area contributed by atoms with Gasteiger partial charge in [-0.15, -0.1) is 13.2 Å². The lowest BCUT2D eigenvalue weighted by Crippen LogP contribution is -2.34. The Morgan fingerprint density at radius 1 is 1.06 bits per heavy atom. The van der Waals surface area contributed by atoms with E-state index in [0.29, 0.717) is 28.4 Å². The molecule has 4 rings (SSSR count). The summed E-state index contributed by atoms with van der Waals surface area (Å²) in [7, 11) is 3.94. The molecule has 1 saturated carbocycles. The molecule has 0 aliphatic heterocycles. The molecule has 2 N–H and O–H groups in total. The molecular weight excluding hydrogens is 523 g/mol. The Kier molecular flexibility index (Phi) is 8.01. The van der Waals surface area contributed by atoms with Gasteiger partial charge in [0, 0.05) is 48.6 Å². The van der Waals surface area contributed by atoms with Crippen LogP contribution in [0.5, 0.6) is 5.75 Å². The summed E-state index contributed by atoms with van der Waals surface area (Å²) in [4.78, 5) is 11.4. The highest BCUT2D eigenvalue weighted by Crippen LogP contribution is 2.31. The first-order valence-electron chi connectivity index (χ1n) is 11.6. The number of halogens is 4. The highest BCUT2D eigenvalue weighted by molar-refractivity contribution is 9.10. The van der Waals surface area contributed by atoms with Gasteiger partial charge in [0.2, 0.25) is 5.95 Å². The SMILES string of the molecule is CN(C)c1nc(NCC2CCC(NCc3ccc(Br)cc3OC(F)(F)F)CC2)nc2ccccc12. The van der Waals surface area contributed by atoms with Crippen molar-refractivity contribution in [3.8, 4) is 5.75 Å².